The quantitative estimate of drug-likeness (QED) is 0.814. The molecular weight excluding hydrogens is 314 g/mol. The third kappa shape index (κ3) is 3.34. The Morgan fingerprint density at radius 1 is 1.28 bits per heavy atom. The fourth-order valence-electron chi connectivity index (χ4n) is 3.71. The maximum absolute atomic E-state index is 13.2. The number of para-hydroxylation sites is 2. The van der Waals surface area contributed by atoms with Crippen LogP contribution in [0.3, 0.4) is 0 Å². The van der Waals surface area contributed by atoms with Gasteiger partial charge in [0.15, 0.2) is 0 Å². The molecule has 0 spiro atoms. The van der Waals surface area contributed by atoms with Gasteiger partial charge in [0.2, 0.25) is 0 Å². The van der Waals surface area contributed by atoms with Gasteiger partial charge in [0, 0.05) is 13.1 Å². The largest absolute Gasteiger partial charge is 0.389 e. The molecule has 0 radical (unpaired) electrons. The number of benzene rings is 1. The summed E-state index contributed by atoms with van der Waals surface area (Å²) in [5, 5.41) is 13.9. The molecule has 0 fully saturated rings. The Balaban J connectivity index is 2.22. The van der Waals surface area contributed by atoms with Crippen molar-refractivity contribution in [1.29, 1.82) is 0 Å². The van der Waals surface area contributed by atoms with Gasteiger partial charge in [0.1, 0.15) is 0 Å². The van der Waals surface area contributed by atoms with Crippen molar-refractivity contribution >= 4 is 11.0 Å². The number of hydrogen-bond acceptors (Lipinski definition) is 3. The lowest BCUT2D eigenvalue weighted by molar-refractivity contribution is 0.127. The van der Waals surface area contributed by atoms with Gasteiger partial charge in [0.05, 0.1) is 23.2 Å². The average molecular weight is 341 g/mol. The second kappa shape index (κ2) is 7.85. The molecule has 2 aromatic rings. The van der Waals surface area contributed by atoms with Crippen molar-refractivity contribution in [2.75, 3.05) is 13.6 Å². The summed E-state index contributed by atoms with van der Waals surface area (Å²) >= 11 is 0. The third-order valence-electron chi connectivity index (χ3n) is 4.80. The minimum atomic E-state index is -0.665. The molecule has 1 heterocycles. The molecule has 25 heavy (non-hydrogen) atoms. The van der Waals surface area contributed by atoms with Gasteiger partial charge < -0.3 is 10.4 Å². The summed E-state index contributed by atoms with van der Waals surface area (Å²) in [5.41, 5.74) is 2.88. The van der Waals surface area contributed by atoms with Crippen molar-refractivity contribution < 1.29 is 5.11 Å². The first-order chi connectivity index (χ1) is 12.2. The number of allylic oxidation sites excluding steroid dienone is 3. The molecule has 5 nitrogen and oxygen atoms in total. The lowest BCUT2D eigenvalue weighted by atomic mass is 9.93. The number of aliphatic hydroxyl groups is 1. The molecule has 0 amide bonds. The lowest BCUT2D eigenvalue weighted by Gasteiger charge is -2.28. The van der Waals surface area contributed by atoms with Crippen LogP contribution in [-0.2, 0) is 6.54 Å². The molecular formula is C20H27N3O2. The molecule has 1 aromatic carbocycles. The highest BCUT2D eigenvalue weighted by Gasteiger charge is 2.29. The molecule has 2 N–H and O–H groups in total. The smallest absolute Gasteiger partial charge is 0.329 e. The fraction of sp³-hybridized carbons (Fsp3) is 0.450. The summed E-state index contributed by atoms with van der Waals surface area (Å²) in [6.07, 6.45) is 8.22. The van der Waals surface area contributed by atoms with Crippen molar-refractivity contribution in [3.63, 3.8) is 0 Å². The Morgan fingerprint density at radius 2 is 2.04 bits per heavy atom. The summed E-state index contributed by atoms with van der Waals surface area (Å²) in [6.45, 7) is 3.19. The Morgan fingerprint density at radius 3 is 2.68 bits per heavy atom. The average Bonchev–Trinajstić information content (AvgIpc) is 2.90. The van der Waals surface area contributed by atoms with Crippen LogP contribution in [0.2, 0.25) is 0 Å². The zero-order chi connectivity index (χ0) is 17.8. The minimum Gasteiger partial charge on any atom is -0.389 e. The van der Waals surface area contributed by atoms with Gasteiger partial charge in [-0.25, -0.2) is 4.79 Å². The van der Waals surface area contributed by atoms with E-state index in [9.17, 15) is 9.90 Å². The summed E-state index contributed by atoms with van der Waals surface area (Å²) in [7, 11) is 1.82. The van der Waals surface area contributed by atoms with Crippen LogP contribution in [0.4, 0.5) is 0 Å². The number of nitrogens with zero attached hydrogens (tertiary/aromatic N) is 2. The minimum absolute atomic E-state index is 0.0429. The van der Waals surface area contributed by atoms with E-state index in [0.717, 1.165) is 35.9 Å². The lowest BCUT2D eigenvalue weighted by Crippen LogP contribution is -2.39. The zero-order valence-electron chi connectivity index (χ0n) is 15.0. The van der Waals surface area contributed by atoms with Crippen LogP contribution in [0.15, 0.2) is 52.9 Å². The summed E-state index contributed by atoms with van der Waals surface area (Å²) in [5.74, 6) is 0. The van der Waals surface area contributed by atoms with Gasteiger partial charge in [0.25, 0.3) is 0 Å². The summed E-state index contributed by atoms with van der Waals surface area (Å²) < 4.78 is 3.62. The monoisotopic (exact) mass is 341 g/mol. The highest BCUT2D eigenvalue weighted by molar-refractivity contribution is 5.76. The molecule has 1 unspecified atom stereocenters. The number of likely N-dealkylation sites (N-methyl/N-ethyl adjacent to an activating group) is 1. The Kier molecular flexibility index (Phi) is 5.56. The van der Waals surface area contributed by atoms with Gasteiger partial charge in [-0.15, -0.1) is 0 Å². The van der Waals surface area contributed by atoms with Crippen LogP contribution >= 0.6 is 0 Å². The van der Waals surface area contributed by atoms with E-state index >= 15 is 0 Å². The Hall–Kier alpha value is -2.11. The highest BCUT2D eigenvalue weighted by atomic mass is 16.3. The predicted molar refractivity (Wildman–Crippen MR) is 102 cm³/mol. The van der Waals surface area contributed by atoms with E-state index in [2.05, 4.69) is 18.3 Å². The molecule has 0 saturated carbocycles. The van der Waals surface area contributed by atoms with Crippen LogP contribution < -0.4 is 11.0 Å². The number of fused-ring (bicyclic) bond motifs is 1. The van der Waals surface area contributed by atoms with E-state index in [-0.39, 0.29) is 11.7 Å². The first kappa shape index (κ1) is 17.7. The molecule has 5 heteroatoms. The van der Waals surface area contributed by atoms with E-state index in [4.69, 9.17) is 0 Å². The van der Waals surface area contributed by atoms with Crippen molar-refractivity contribution in [2.24, 2.45) is 0 Å². The molecule has 1 aromatic heterocycles. The van der Waals surface area contributed by atoms with E-state index in [1.807, 2.05) is 48.0 Å². The maximum atomic E-state index is 13.2. The van der Waals surface area contributed by atoms with Gasteiger partial charge >= 0.3 is 5.69 Å². The molecule has 0 bridgehead atoms. The number of aliphatic hydroxyl groups excluding tert-OH is 1. The van der Waals surface area contributed by atoms with E-state index < -0.39 is 6.10 Å². The number of aryl methyl sites for hydroxylation is 1. The molecule has 134 valence electrons. The number of rotatable bonds is 7. The Labute approximate surface area is 148 Å². The molecule has 2 atom stereocenters. The van der Waals surface area contributed by atoms with Gasteiger partial charge in [-0.05, 0) is 44.0 Å². The SMILES string of the molecule is CCCn1c(=O)n([C@@H](C2=CC=CCC2)C(O)CNC)c2ccccc21. The molecule has 3 rings (SSSR count). The summed E-state index contributed by atoms with van der Waals surface area (Å²) in [6, 6.07) is 7.51. The van der Waals surface area contributed by atoms with Gasteiger partial charge in [-0.3, -0.25) is 9.13 Å². The first-order valence-corrected chi connectivity index (χ1v) is 9.07. The fourth-order valence-corrected chi connectivity index (χ4v) is 3.71. The van der Waals surface area contributed by atoms with Gasteiger partial charge in [-0.1, -0.05) is 37.3 Å². The number of aromatic nitrogens is 2. The van der Waals surface area contributed by atoms with Crippen molar-refractivity contribution in [3.8, 4) is 0 Å². The molecule has 1 aliphatic carbocycles. The van der Waals surface area contributed by atoms with Crippen LogP contribution in [-0.4, -0.2) is 33.9 Å². The van der Waals surface area contributed by atoms with E-state index in [0.29, 0.717) is 13.1 Å². The first-order valence-electron chi connectivity index (χ1n) is 9.07. The maximum Gasteiger partial charge on any atom is 0.329 e. The number of hydrogen-bond donors (Lipinski definition) is 2. The van der Waals surface area contributed by atoms with Crippen molar-refractivity contribution in [1.82, 2.24) is 14.5 Å². The second-order valence-corrected chi connectivity index (χ2v) is 6.57. The molecule has 0 saturated heterocycles. The number of imidazole rings is 1. The number of nitrogens with one attached hydrogen (secondary N) is 1. The molecule has 1 aliphatic rings. The summed E-state index contributed by atoms with van der Waals surface area (Å²) in [4.78, 5) is 13.2. The van der Waals surface area contributed by atoms with Crippen LogP contribution in [0.5, 0.6) is 0 Å². The zero-order valence-corrected chi connectivity index (χ0v) is 15.0. The topological polar surface area (TPSA) is 59.2 Å². The standard InChI is InChI=1S/C20H27N3O2/c1-3-13-22-16-11-7-8-12-17(16)23(20(22)25)19(18(24)14-21-2)15-9-5-4-6-10-15/h4-5,7-9,11-12,18-19,21,24H,3,6,10,13-14H2,1-2H3/t18?,19-/m0/s1. The van der Waals surface area contributed by atoms with Crippen molar-refractivity contribution in [3.05, 3.63) is 58.6 Å². The second-order valence-electron chi connectivity index (χ2n) is 6.57. The van der Waals surface area contributed by atoms with E-state index in [1.54, 1.807) is 4.57 Å². The van der Waals surface area contributed by atoms with E-state index in [1.165, 1.54) is 0 Å². The third-order valence-corrected chi connectivity index (χ3v) is 4.80. The normalized spacial score (nSPS) is 16.8. The predicted octanol–water partition coefficient (Wildman–Crippen LogP) is 2.61. The van der Waals surface area contributed by atoms with Crippen LogP contribution in [0.25, 0.3) is 11.0 Å². The molecule has 0 aliphatic heterocycles. The van der Waals surface area contributed by atoms with Crippen molar-refractivity contribution in [2.45, 2.75) is 44.9 Å². The van der Waals surface area contributed by atoms with Crippen LogP contribution in [0.1, 0.15) is 32.2 Å². The highest BCUT2D eigenvalue weighted by Crippen LogP contribution is 2.30. The van der Waals surface area contributed by atoms with Crippen LogP contribution in [0, 0.1) is 0 Å². The Bertz CT molecular complexity index is 844. The van der Waals surface area contributed by atoms with Gasteiger partial charge in [-0.2, -0.15) is 0 Å².